The molecule has 0 radical (unpaired) electrons. The maximum Gasteiger partial charge on any atom is 0.307 e. The normalized spacial score (nSPS) is 10.5. The van der Waals surface area contributed by atoms with Crippen LogP contribution in [0.4, 0.5) is 4.39 Å². The number of rotatable bonds is 3. The second-order valence-corrected chi connectivity index (χ2v) is 4.79. The summed E-state index contributed by atoms with van der Waals surface area (Å²) in [6, 6.07) is 9.24. The number of carbonyl (C=O) groups is 1. The lowest BCUT2D eigenvalue weighted by molar-refractivity contribution is -0.136. The van der Waals surface area contributed by atoms with Gasteiger partial charge in [-0.15, -0.1) is 0 Å². The molecule has 0 saturated carbocycles. The van der Waals surface area contributed by atoms with Crippen molar-refractivity contribution >= 4 is 29.2 Å². The fourth-order valence-corrected chi connectivity index (χ4v) is 2.42. The molecule has 2 nitrogen and oxygen atoms in total. The van der Waals surface area contributed by atoms with Crippen molar-refractivity contribution < 1.29 is 14.3 Å². The van der Waals surface area contributed by atoms with Gasteiger partial charge in [-0.05, 0) is 35.4 Å². The zero-order valence-corrected chi connectivity index (χ0v) is 11.2. The summed E-state index contributed by atoms with van der Waals surface area (Å²) in [4.78, 5) is 10.7. The molecule has 0 aliphatic rings. The van der Waals surface area contributed by atoms with Gasteiger partial charge in [-0.3, -0.25) is 4.79 Å². The number of benzene rings is 2. The first-order chi connectivity index (χ1) is 8.99. The van der Waals surface area contributed by atoms with Crippen molar-refractivity contribution in [1.82, 2.24) is 0 Å². The second-order valence-electron chi connectivity index (χ2n) is 3.97. The summed E-state index contributed by atoms with van der Waals surface area (Å²) < 4.78 is 13.5. The van der Waals surface area contributed by atoms with Crippen LogP contribution in [-0.4, -0.2) is 11.1 Å². The molecule has 2 aromatic rings. The molecule has 0 spiro atoms. The van der Waals surface area contributed by atoms with E-state index in [1.54, 1.807) is 18.2 Å². The van der Waals surface area contributed by atoms with E-state index in [2.05, 4.69) is 0 Å². The molecule has 0 aromatic heterocycles. The van der Waals surface area contributed by atoms with Gasteiger partial charge in [-0.1, -0.05) is 35.3 Å². The van der Waals surface area contributed by atoms with Gasteiger partial charge in [-0.2, -0.15) is 0 Å². The van der Waals surface area contributed by atoms with E-state index in [-0.39, 0.29) is 12.0 Å². The molecule has 0 aliphatic heterocycles. The van der Waals surface area contributed by atoms with Gasteiger partial charge >= 0.3 is 5.97 Å². The summed E-state index contributed by atoms with van der Waals surface area (Å²) in [7, 11) is 0. The van der Waals surface area contributed by atoms with Crippen LogP contribution >= 0.6 is 23.2 Å². The van der Waals surface area contributed by atoms with Crippen LogP contribution in [0.2, 0.25) is 10.0 Å². The highest BCUT2D eigenvalue weighted by atomic mass is 35.5. The Bertz CT molecular complexity index is 621. The Morgan fingerprint density at radius 3 is 2.37 bits per heavy atom. The predicted octanol–water partition coefficient (Wildman–Crippen LogP) is 4.43. The molecule has 5 heteroatoms. The monoisotopic (exact) mass is 298 g/mol. The van der Waals surface area contributed by atoms with Gasteiger partial charge < -0.3 is 5.11 Å². The maximum atomic E-state index is 13.5. The largest absolute Gasteiger partial charge is 0.481 e. The van der Waals surface area contributed by atoms with Gasteiger partial charge in [-0.25, -0.2) is 4.39 Å². The molecule has 2 aromatic carbocycles. The van der Waals surface area contributed by atoms with Crippen LogP contribution in [-0.2, 0) is 11.2 Å². The van der Waals surface area contributed by atoms with Crippen molar-refractivity contribution in [2.45, 2.75) is 6.42 Å². The molecule has 0 bridgehead atoms. The standard InChI is InChI=1S/C14H9Cl2FO2/c15-10-2-1-3-11(16)14(10)8-4-5-12(17)9(6-8)7-13(18)19/h1-6H,7H2,(H,18,19). The molecule has 0 heterocycles. The highest BCUT2D eigenvalue weighted by Crippen LogP contribution is 2.35. The summed E-state index contributed by atoms with van der Waals surface area (Å²) >= 11 is 12.1. The summed E-state index contributed by atoms with van der Waals surface area (Å²) in [5, 5.41) is 9.61. The molecule has 19 heavy (non-hydrogen) atoms. The van der Waals surface area contributed by atoms with Gasteiger partial charge in [0.05, 0.1) is 6.42 Å². The van der Waals surface area contributed by atoms with Crippen LogP contribution in [0.3, 0.4) is 0 Å². The van der Waals surface area contributed by atoms with Crippen LogP contribution in [0.15, 0.2) is 36.4 Å². The number of carboxylic acid groups (broad SMARTS) is 1. The van der Waals surface area contributed by atoms with E-state index in [0.29, 0.717) is 21.2 Å². The highest BCUT2D eigenvalue weighted by Gasteiger charge is 2.12. The van der Waals surface area contributed by atoms with E-state index in [9.17, 15) is 9.18 Å². The fraction of sp³-hybridized carbons (Fsp3) is 0.0714. The molecule has 0 atom stereocenters. The van der Waals surface area contributed by atoms with Gasteiger partial charge in [0.1, 0.15) is 5.82 Å². The Morgan fingerprint density at radius 2 is 1.79 bits per heavy atom. The summed E-state index contributed by atoms with van der Waals surface area (Å²) in [6.45, 7) is 0. The third-order valence-electron chi connectivity index (χ3n) is 2.64. The van der Waals surface area contributed by atoms with Crippen molar-refractivity contribution in [2.75, 3.05) is 0 Å². The first-order valence-electron chi connectivity index (χ1n) is 5.43. The first kappa shape index (κ1) is 13.8. The minimum Gasteiger partial charge on any atom is -0.481 e. The number of hydrogen-bond acceptors (Lipinski definition) is 1. The fourth-order valence-electron chi connectivity index (χ4n) is 1.80. The van der Waals surface area contributed by atoms with Gasteiger partial charge in [0, 0.05) is 15.6 Å². The summed E-state index contributed by atoms with van der Waals surface area (Å²) in [5.74, 6) is -1.66. The maximum absolute atomic E-state index is 13.5. The van der Waals surface area contributed by atoms with Crippen LogP contribution in [0.25, 0.3) is 11.1 Å². The SMILES string of the molecule is O=C(O)Cc1cc(-c2c(Cl)cccc2Cl)ccc1F. The zero-order valence-electron chi connectivity index (χ0n) is 9.66. The molecule has 0 fully saturated rings. The Hall–Kier alpha value is -1.58. The number of carboxylic acids is 1. The Kier molecular flexibility index (Phi) is 4.08. The van der Waals surface area contributed by atoms with Crippen molar-refractivity contribution in [3.05, 3.63) is 57.8 Å². The highest BCUT2D eigenvalue weighted by molar-refractivity contribution is 6.39. The van der Waals surface area contributed by atoms with E-state index in [1.165, 1.54) is 18.2 Å². The smallest absolute Gasteiger partial charge is 0.307 e. The van der Waals surface area contributed by atoms with Crippen LogP contribution in [0.5, 0.6) is 0 Å². The Morgan fingerprint density at radius 1 is 1.16 bits per heavy atom. The van der Waals surface area contributed by atoms with Crippen LogP contribution in [0, 0.1) is 5.82 Å². The van der Waals surface area contributed by atoms with Crippen molar-refractivity contribution in [3.8, 4) is 11.1 Å². The van der Waals surface area contributed by atoms with Crippen molar-refractivity contribution in [2.24, 2.45) is 0 Å². The van der Waals surface area contributed by atoms with Gasteiger partial charge in [0.2, 0.25) is 0 Å². The first-order valence-corrected chi connectivity index (χ1v) is 6.19. The molecule has 0 unspecified atom stereocenters. The second kappa shape index (κ2) is 5.59. The van der Waals surface area contributed by atoms with Crippen molar-refractivity contribution in [1.29, 1.82) is 0 Å². The Labute approximate surface area is 119 Å². The predicted molar refractivity (Wildman–Crippen MR) is 73.2 cm³/mol. The minimum atomic E-state index is -1.10. The van der Waals surface area contributed by atoms with E-state index in [1.807, 2.05) is 0 Å². The molecule has 0 amide bonds. The number of hydrogen-bond donors (Lipinski definition) is 1. The van der Waals surface area contributed by atoms with E-state index < -0.39 is 11.8 Å². The lowest BCUT2D eigenvalue weighted by Gasteiger charge is -2.09. The van der Waals surface area contributed by atoms with E-state index >= 15 is 0 Å². The molecule has 1 N–H and O–H groups in total. The average molecular weight is 299 g/mol. The molecular weight excluding hydrogens is 290 g/mol. The molecule has 0 saturated heterocycles. The third-order valence-corrected chi connectivity index (χ3v) is 3.27. The summed E-state index contributed by atoms with van der Waals surface area (Å²) in [5.41, 5.74) is 1.26. The Balaban J connectivity index is 2.54. The summed E-state index contributed by atoms with van der Waals surface area (Å²) in [6.07, 6.45) is -0.387. The van der Waals surface area contributed by atoms with Gasteiger partial charge in [0.25, 0.3) is 0 Å². The molecular formula is C14H9Cl2FO2. The van der Waals surface area contributed by atoms with E-state index in [0.717, 1.165) is 0 Å². The molecule has 2 rings (SSSR count). The number of halogens is 3. The van der Waals surface area contributed by atoms with Crippen LogP contribution in [0.1, 0.15) is 5.56 Å². The molecule has 0 aliphatic carbocycles. The zero-order chi connectivity index (χ0) is 14.0. The topological polar surface area (TPSA) is 37.3 Å². The lowest BCUT2D eigenvalue weighted by Crippen LogP contribution is -2.02. The van der Waals surface area contributed by atoms with Gasteiger partial charge in [0.15, 0.2) is 0 Å². The average Bonchev–Trinajstić information content (AvgIpc) is 2.32. The minimum absolute atomic E-state index is 0.0981. The lowest BCUT2D eigenvalue weighted by atomic mass is 10.0. The van der Waals surface area contributed by atoms with E-state index in [4.69, 9.17) is 28.3 Å². The molecule has 98 valence electrons. The van der Waals surface area contributed by atoms with Crippen LogP contribution < -0.4 is 0 Å². The number of aliphatic carboxylic acids is 1. The third kappa shape index (κ3) is 3.06. The quantitative estimate of drug-likeness (QED) is 0.910. The van der Waals surface area contributed by atoms with Crippen molar-refractivity contribution in [3.63, 3.8) is 0 Å².